The van der Waals surface area contributed by atoms with E-state index in [1.807, 2.05) is 32.0 Å². The highest BCUT2D eigenvalue weighted by molar-refractivity contribution is 8.01. The average Bonchev–Trinajstić information content (AvgIpc) is 3.23. The van der Waals surface area contributed by atoms with Crippen molar-refractivity contribution in [1.82, 2.24) is 30.8 Å². The summed E-state index contributed by atoms with van der Waals surface area (Å²) in [6.45, 7) is 4.05. The van der Waals surface area contributed by atoms with Gasteiger partial charge in [0.1, 0.15) is 23.5 Å². The number of nitrogens with zero attached hydrogens (tertiary/aromatic N) is 4. The van der Waals surface area contributed by atoms with Crippen molar-refractivity contribution in [2.45, 2.75) is 42.1 Å². The van der Waals surface area contributed by atoms with Crippen molar-refractivity contribution in [2.75, 3.05) is 0 Å². The molecular formula is C16H19N7O2S. The van der Waals surface area contributed by atoms with Crippen molar-refractivity contribution in [2.24, 2.45) is 5.73 Å². The number of rotatable bonds is 4. The minimum absolute atomic E-state index is 0.156. The van der Waals surface area contributed by atoms with E-state index in [2.05, 4.69) is 25.9 Å². The quantitative estimate of drug-likeness (QED) is 0.649. The van der Waals surface area contributed by atoms with E-state index in [-0.39, 0.29) is 28.0 Å². The minimum atomic E-state index is -0.814. The summed E-state index contributed by atoms with van der Waals surface area (Å²) in [5, 5.41) is 16.7. The first-order chi connectivity index (χ1) is 12.4. The first-order valence-corrected chi connectivity index (χ1v) is 9.12. The number of carbonyl (C=O) groups excluding carboxylic acids is 2. The summed E-state index contributed by atoms with van der Waals surface area (Å²) in [6.07, 6.45) is 0. The van der Waals surface area contributed by atoms with Crippen molar-refractivity contribution < 1.29 is 9.59 Å². The van der Waals surface area contributed by atoms with Gasteiger partial charge in [-0.25, -0.2) is 0 Å². The Morgan fingerprint density at radius 3 is 2.77 bits per heavy atom. The van der Waals surface area contributed by atoms with Gasteiger partial charge in [-0.15, -0.1) is 22.0 Å². The molecule has 2 aliphatic rings. The number of hydrogen-bond donors (Lipinski definition) is 3. The number of fused-ring (bicyclic) bond motifs is 1. The predicted molar refractivity (Wildman–Crippen MR) is 94.5 cm³/mol. The van der Waals surface area contributed by atoms with E-state index >= 15 is 0 Å². The number of thioether (sulfide) groups is 1. The molecule has 10 heteroatoms. The van der Waals surface area contributed by atoms with Gasteiger partial charge in [0, 0.05) is 4.75 Å². The predicted octanol–water partition coefficient (Wildman–Crippen LogP) is 0.119. The second kappa shape index (κ2) is 6.06. The zero-order valence-electron chi connectivity index (χ0n) is 14.3. The maximum Gasteiger partial charge on any atom is 0.249 e. The molecule has 0 spiro atoms. The van der Waals surface area contributed by atoms with E-state index in [0.717, 1.165) is 0 Å². The Morgan fingerprint density at radius 2 is 2.12 bits per heavy atom. The summed E-state index contributed by atoms with van der Waals surface area (Å²) in [5.74, 6) is -0.0452. The fourth-order valence-corrected chi connectivity index (χ4v) is 5.13. The average molecular weight is 373 g/mol. The van der Waals surface area contributed by atoms with Crippen LogP contribution in [0.4, 0.5) is 0 Å². The number of nitrogens with two attached hydrogens (primary N) is 1. The first kappa shape index (κ1) is 17.0. The Balaban J connectivity index is 1.49. The van der Waals surface area contributed by atoms with Gasteiger partial charge < -0.3 is 16.0 Å². The Kier molecular flexibility index (Phi) is 3.96. The maximum absolute atomic E-state index is 12.7. The lowest BCUT2D eigenvalue weighted by molar-refractivity contribution is -0.152. The summed E-state index contributed by atoms with van der Waals surface area (Å²) >= 11 is 1.61. The summed E-state index contributed by atoms with van der Waals surface area (Å²) < 4.78 is -0.300. The third kappa shape index (κ3) is 2.56. The van der Waals surface area contributed by atoms with Crippen LogP contribution in [0.1, 0.15) is 37.3 Å². The van der Waals surface area contributed by atoms with Gasteiger partial charge in [-0.2, -0.15) is 5.21 Å². The molecule has 4 unspecified atom stereocenters. The highest BCUT2D eigenvalue weighted by atomic mass is 32.2. The number of H-pyrrole nitrogens is 1. The van der Waals surface area contributed by atoms with E-state index in [1.54, 1.807) is 28.8 Å². The number of hydrogen-bond acceptors (Lipinski definition) is 7. The molecule has 4 N–H and O–H groups in total. The first-order valence-electron chi connectivity index (χ1n) is 8.24. The lowest BCUT2D eigenvalue weighted by Crippen LogP contribution is -2.68. The Morgan fingerprint density at radius 1 is 1.38 bits per heavy atom. The third-order valence-electron chi connectivity index (χ3n) is 4.79. The Hall–Kier alpha value is -2.46. The van der Waals surface area contributed by atoms with Gasteiger partial charge in [0.05, 0.1) is 0 Å². The standard InChI is InChI=1S/C16H19N7O2S/c1-16(2)11(12-19-21-22-20-12)23-14(25)10(15(23)26-16)18-13(24)9(17)8-6-4-3-5-7-8/h3-7,9-11,15H,17H2,1-2H3,(H,18,24)(H,19,20,21,22). The molecule has 4 rings (SSSR count). The van der Waals surface area contributed by atoms with Gasteiger partial charge in [0.25, 0.3) is 0 Å². The molecule has 3 heterocycles. The molecule has 2 amide bonds. The summed E-state index contributed by atoms with van der Waals surface area (Å²) in [5.41, 5.74) is 6.74. The molecule has 1 aromatic heterocycles. The SMILES string of the molecule is CC1(C)SC2C(NC(=O)C(N)c3ccccc3)C(=O)N2C1c1nn[nH]n1. The van der Waals surface area contributed by atoms with Gasteiger partial charge >= 0.3 is 0 Å². The molecule has 0 radical (unpaired) electrons. The van der Waals surface area contributed by atoms with E-state index in [1.165, 1.54) is 0 Å². The highest BCUT2D eigenvalue weighted by Gasteiger charge is 2.63. The molecule has 9 nitrogen and oxygen atoms in total. The maximum atomic E-state index is 12.7. The molecule has 2 aromatic rings. The van der Waals surface area contributed by atoms with E-state index in [0.29, 0.717) is 11.4 Å². The molecule has 0 aliphatic carbocycles. The van der Waals surface area contributed by atoms with Crippen LogP contribution in [0.5, 0.6) is 0 Å². The molecule has 4 atom stereocenters. The van der Waals surface area contributed by atoms with Crippen LogP contribution in [0.2, 0.25) is 0 Å². The zero-order valence-corrected chi connectivity index (χ0v) is 15.1. The minimum Gasteiger partial charge on any atom is -0.340 e. The highest BCUT2D eigenvalue weighted by Crippen LogP contribution is 2.56. The van der Waals surface area contributed by atoms with Crippen molar-refractivity contribution in [3.63, 3.8) is 0 Å². The van der Waals surface area contributed by atoms with Crippen LogP contribution in [0.25, 0.3) is 0 Å². The van der Waals surface area contributed by atoms with Gasteiger partial charge in [-0.1, -0.05) is 35.5 Å². The molecule has 2 aliphatic heterocycles. The number of aromatic amines is 1. The van der Waals surface area contributed by atoms with Crippen LogP contribution in [0.15, 0.2) is 30.3 Å². The van der Waals surface area contributed by atoms with Crippen LogP contribution in [0.3, 0.4) is 0 Å². The van der Waals surface area contributed by atoms with Crippen LogP contribution >= 0.6 is 11.8 Å². The molecule has 2 saturated heterocycles. The second-order valence-corrected chi connectivity index (χ2v) is 8.68. The van der Waals surface area contributed by atoms with E-state index < -0.39 is 12.1 Å². The largest absolute Gasteiger partial charge is 0.340 e. The number of β-lactam (4-membered cyclic amide) rings is 1. The summed E-state index contributed by atoms with van der Waals surface area (Å²) in [4.78, 5) is 26.9. The lowest BCUT2D eigenvalue weighted by Gasteiger charge is -2.44. The zero-order chi connectivity index (χ0) is 18.5. The molecule has 2 fully saturated rings. The summed E-state index contributed by atoms with van der Waals surface area (Å²) in [6, 6.07) is 7.38. The van der Waals surface area contributed by atoms with Crippen LogP contribution in [-0.4, -0.2) is 53.5 Å². The van der Waals surface area contributed by atoms with Crippen molar-refractivity contribution in [3.05, 3.63) is 41.7 Å². The summed E-state index contributed by atoms with van der Waals surface area (Å²) in [7, 11) is 0. The molecule has 0 bridgehead atoms. The number of benzene rings is 1. The van der Waals surface area contributed by atoms with Crippen LogP contribution in [-0.2, 0) is 9.59 Å². The molecular weight excluding hydrogens is 354 g/mol. The van der Waals surface area contributed by atoms with Crippen LogP contribution in [0, 0.1) is 0 Å². The normalized spacial score (nSPS) is 27.6. The smallest absolute Gasteiger partial charge is 0.249 e. The molecule has 1 aromatic carbocycles. The van der Waals surface area contributed by atoms with Crippen molar-refractivity contribution in [3.8, 4) is 0 Å². The Labute approximate surface area is 154 Å². The number of carbonyl (C=O) groups is 2. The van der Waals surface area contributed by atoms with E-state index in [9.17, 15) is 9.59 Å². The van der Waals surface area contributed by atoms with Gasteiger partial charge in [0.2, 0.25) is 11.8 Å². The van der Waals surface area contributed by atoms with Crippen molar-refractivity contribution >= 4 is 23.6 Å². The topological polar surface area (TPSA) is 130 Å². The third-order valence-corrected chi connectivity index (χ3v) is 6.36. The van der Waals surface area contributed by atoms with Gasteiger partial charge in [-0.3, -0.25) is 9.59 Å². The fraction of sp³-hybridized carbons (Fsp3) is 0.438. The second-order valence-electron chi connectivity index (χ2n) is 6.90. The molecule has 26 heavy (non-hydrogen) atoms. The monoisotopic (exact) mass is 373 g/mol. The fourth-order valence-electron chi connectivity index (χ4n) is 3.50. The number of tetrazole rings is 1. The molecule has 0 saturated carbocycles. The lowest BCUT2D eigenvalue weighted by atomic mass is 9.95. The van der Waals surface area contributed by atoms with Crippen molar-refractivity contribution in [1.29, 1.82) is 0 Å². The number of aromatic nitrogens is 4. The van der Waals surface area contributed by atoms with Gasteiger partial charge in [0.15, 0.2) is 5.82 Å². The molecule has 136 valence electrons. The van der Waals surface area contributed by atoms with Gasteiger partial charge in [-0.05, 0) is 19.4 Å². The Bertz CT molecular complexity index is 826. The van der Waals surface area contributed by atoms with E-state index in [4.69, 9.17) is 5.73 Å². The number of nitrogens with one attached hydrogen (secondary N) is 2. The van der Waals surface area contributed by atoms with Crippen LogP contribution < -0.4 is 11.1 Å². The number of amides is 2.